The van der Waals surface area contributed by atoms with Gasteiger partial charge in [0.2, 0.25) is 0 Å². The maximum absolute atomic E-state index is 11.5. The van der Waals surface area contributed by atoms with Crippen LogP contribution in [-0.2, 0) is 5.60 Å². The minimum atomic E-state index is -0.815. The number of halogens is 1. The van der Waals surface area contributed by atoms with Crippen LogP contribution >= 0.6 is 0 Å². The molecule has 0 radical (unpaired) electrons. The largest absolute Gasteiger partial charge is 1.00 e. The Morgan fingerprint density at radius 2 is 1.80 bits per heavy atom. The summed E-state index contributed by atoms with van der Waals surface area (Å²) >= 11 is 0. The predicted octanol–water partition coefficient (Wildman–Crippen LogP) is 1.11. The molecule has 0 aliphatic heterocycles. The Hall–Kier alpha value is -1.08. The molecule has 1 saturated carbocycles. The second kappa shape index (κ2) is 10.2. The van der Waals surface area contributed by atoms with Crippen LogP contribution in [0.5, 0.6) is 0 Å². The van der Waals surface area contributed by atoms with Gasteiger partial charge in [-0.05, 0) is 36.3 Å². The van der Waals surface area contributed by atoms with E-state index in [1.54, 1.807) is 0 Å². The van der Waals surface area contributed by atoms with Gasteiger partial charge in [0.1, 0.15) is 12.1 Å². The minimum absolute atomic E-state index is 0. The Morgan fingerprint density at radius 1 is 1.16 bits per heavy atom. The summed E-state index contributed by atoms with van der Waals surface area (Å²) in [5.41, 5.74) is 0.204. The van der Waals surface area contributed by atoms with E-state index in [-0.39, 0.29) is 17.0 Å². The Morgan fingerprint density at radius 3 is 2.40 bits per heavy atom. The van der Waals surface area contributed by atoms with Crippen LogP contribution in [0.2, 0.25) is 0 Å². The molecule has 1 atom stereocenters. The molecule has 0 bridgehead atoms. The summed E-state index contributed by atoms with van der Waals surface area (Å²) < 4.78 is 0.809. The minimum Gasteiger partial charge on any atom is -1.00 e. The molecular weight excluding hydrogens is 374 g/mol. The van der Waals surface area contributed by atoms with Gasteiger partial charge in [0, 0.05) is 6.42 Å². The molecule has 1 aromatic carbocycles. The zero-order valence-corrected chi connectivity index (χ0v) is 17.3. The topological polar surface area (TPSA) is 20.2 Å². The summed E-state index contributed by atoms with van der Waals surface area (Å²) in [4.78, 5) is 0. The molecule has 0 saturated heterocycles. The van der Waals surface area contributed by atoms with Crippen molar-refractivity contribution in [2.75, 3.05) is 27.2 Å². The second-order valence-electron chi connectivity index (χ2n) is 7.72. The van der Waals surface area contributed by atoms with Gasteiger partial charge in [-0.3, -0.25) is 0 Å². The molecular formula is C22H32BrNO. The Bertz CT molecular complexity index is 581. The molecule has 1 aromatic rings. The van der Waals surface area contributed by atoms with E-state index in [9.17, 15) is 5.11 Å². The lowest BCUT2D eigenvalue weighted by Gasteiger charge is -2.38. The highest BCUT2D eigenvalue weighted by atomic mass is 79.9. The van der Waals surface area contributed by atoms with Crippen molar-refractivity contribution in [3.63, 3.8) is 0 Å². The van der Waals surface area contributed by atoms with Crippen molar-refractivity contribution in [2.24, 2.45) is 5.92 Å². The first-order valence-electron chi connectivity index (χ1n) is 9.14. The van der Waals surface area contributed by atoms with Gasteiger partial charge < -0.3 is 26.6 Å². The van der Waals surface area contributed by atoms with Crippen LogP contribution in [0.3, 0.4) is 0 Å². The molecule has 2 nitrogen and oxygen atoms in total. The molecule has 2 rings (SSSR count). The summed E-state index contributed by atoms with van der Waals surface area (Å²) in [5.74, 6) is 6.89. The quantitative estimate of drug-likeness (QED) is 0.427. The molecule has 1 N–H and O–H groups in total. The van der Waals surface area contributed by atoms with E-state index >= 15 is 0 Å². The second-order valence-corrected chi connectivity index (χ2v) is 7.72. The predicted molar refractivity (Wildman–Crippen MR) is 101 cm³/mol. The van der Waals surface area contributed by atoms with Crippen molar-refractivity contribution in [3.8, 4) is 11.8 Å². The van der Waals surface area contributed by atoms with Gasteiger partial charge in [-0.2, -0.15) is 0 Å². The highest BCUT2D eigenvalue weighted by Crippen LogP contribution is 2.41. The van der Waals surface area contributed by atoms with Gasteiger partial charge in [0.25, 0.3) is 0 Å². The maximum atomic E-state index is 11.5. The number of likely N-dealkylation sites (N-methyl/N-ethyl adjacent to an activating group) is 1. The molecule has 1 unspecified atom stereocenters. The summed E-state index contributed by atoms with van der Waals surface area (Å²) in [7, 11) is 4.31. The Balaban J connectivity index is 0.00000312. The normalized spacial score (nSPS) is 17.6. The summed E-state index contributed by atoms with van der Waals surface area (Å²) in [6.07, 6.45) is 8.39. The van der Waals surface area contributed by atoms with Crippen LogP contribution < -0.4 is 17.0 Å². The lowest BCUT2D eigenvalue weighted by atomic mass is 9.72. The smallest absolute Gasteiger partial charge is 0.140 e. The first-order valence-corrected chi connectivity index (χ1v) is 9.14. The molecule has 1 aliphatic rings. The van der Waals surface area contributed by atoms with Crippen molar-refractivity contribution in [1.82, 2.24) is 0 Å². The van der Waals surface area contributed by atoms with Crippen molar-refractivity contribution < 1.29 is 26.6 Å². The van der Waals surface area contributed by atoms with E-state index in [1.807, 2.05) is 36.4 Å². The first-order chi connectivity index (χ1) is 11.5. The molecule has 1 aliphatic carbocycles. The average Bonchev–Trinajstić information content (AvgIpc) is 2.60. The van der Waals surface area contributed by atoms with Gasteiger partial charge in [-0.15, -0.1) is 0 Å². The number of aliphatic hydroxyl groups is 1. The SMILES string of the molecule is C=CC[N+](C)(C)CC#CCC(O)(c1ccccc1)C1CCCCC1.[Br-]. The van der Waals surface area contributed by atoms with Gasteiger partial charge in [-0.25, -0.2) is 0 Å². The lowest BCUT2D eigenvalue weighted by molar-refractivity contribution is -0.877. The fraction of sp³-hybridized carbons (Fsp3) is 0.545. The number of rotatable bonds is 6. The van der Waals surface area contributed by atoms with Crippen LogP contribution in [0.15, 0.2) is 43.0 Å². The molecule has 0 heterocycles. The highest BCUT2D eigenvalue weighted by Gasteiger charge is 2.38. The molecule has 1 fully saturated rings. The van der Waals surface area contributed by atoms with Crippen LogP contribution in [0, 0.1) is 17.8 Å². The van der Waals surface area contributed by atoms with Crippen LogP contribution in [0.25, 0.3) is 0 Å². The lowest BCUT2D eigenvalue weighted by Crippen LogP contribution is -3.00. The third kappa shape index (κ3) is 6.29. The Labute approximate surface area is 164 Å². The van der Waals surface area contributed by atoms with Gasteiger partial charge in [-0.1, -0.05) is 62.1 Å². The molecule has 25 heavy (non-hydrogen) atoms. The average molecular weight is 406 g/mol. The van der Waals surface area contributed by atoms with E-state index in [0.29, 0.717) is 12.3 Å². The Kier molecular flexibility index (Phi) is 8.93. The zero-order valence-electron chi connectivity index (χ0n) is 15.7. The monoisotopic (exact) mass is 405 g/mol. The summed E-state index contributed by atoms with van der Waals surface area (Å²) in [5, 5.41) is 11.5. The number of nitrogens with zero attached hydrogens (tertiary/aromatic N) is 1. The van der Waals surface area contributed by atoms with Crippen LogP contribution in [-0.4, -0.2) is 36.8 Å². The zero-order chi connectivity index (χ0) is 17.5. The first kappa shape index (κ1) is 22.0. The summed E-state index contributed by atoms with van der Waals surface area (Å²) in [6, 6.07) is 10.1. The van der Waals surface area contributed by atoms with Gasteiger partial charge in [0.15, 0.2) is 0 Å². The molecule has 138 valence electrons. The molecule has 3 heteroatoms. The van der Waals surface area contributed by atoms with Gasteiger partial charge >= 0.3 is 0 Å². The van der Waals surface area contributed by atoms with Gasteiger partial charge in [0.05, 0.1) is 20.6 Å². The van der Waals surface area contributed by atoms with Crippen molar-refractivity contribution in [1.29, 1.82) is 0 Å². The van der Waals surface area contributed by atoms with Crippen molar-refractivity contribution >= 4 is 0 Å². The van der Waals surface area contributed by atoms with E-state index < -0.39 is 5.60 Å². The fourth-order valence-electron chi connectivity index (χ4n) is 3.67. The van der Waals surface area contributed by atoms with E-state index in [2.05, 4.69) is 32.5 Å². The van der Waals surface area contributed by atoms with Crippen LogP contribution in [0.1, 0.15) is 44.1 Å². The van der Waals surface area contributed by atoms with Crippen molar-refractivity contribution in [3.05, 3.63) is 48.6 Å². The number of hydrogen-bond acceptors (Lipinski definition) is 1. The van der Waals surface area contributed by atoms with Crippen molar-refractivity contribution in [2.45, 2.75) is 44.1 Å². The third-order valence-electron chi connectivity index (χ3n) is 5.17. The van der Waals surface area contributed by atoms with E-state index in [4.69, 9.17) is 0 Å². The third-order valence-corrected chi connectivity index (χ3v) is 5.17. The molecule has 0 aromatic heterocycles. The maximum Gasteiger partial charge on any atom is 0.140 e. The number of benzene rings is 1. The van der Waals surface area contributed by atoms with Crippen LogP contribution in [0.4, 0.5) is 0 Å². The fourth-order valence-corrected chi connectivity index (χ4v) is 3.67. The number of hydrogen-bond donors (Lipinski definition) is 1. The van der Waals surface area contributed by atoms with E-state index in [1.165, 1.54) is 19.3 Å². The summed E-state index contributed by atoms with van der Waals surface area (Å²) in [6.45, 7) is 5.49. The highest BCUT2D eigenvalue weighted by molar-refractivity contribution is 5.26. The molecule has 0 amide bonds. The standard InChI is InChI=1S/C22H32NO.BrH/c1-4-18-23(2,3)19-12-11-17-22(24,20-13-7-5-8-14-20)21-15-9-6-10-16-21;/h4-5,7-8,13-14,21,24H,1,6,9-10,15-19H2,2-3H3;1H/q+1;/p-1. The van der Waals surface area contributed by atoms with E-state index in [0.717, 1.165) is 36.0 Å². The molecule has 0 spiro atoms. The number of quaternary nitrogens is 1.